The summed E-state index contributed by atoms with van der Waals surface area (Å²) in [6.45, 7) is 0.467. The first-order valence-electron chi connectivity index (χ1n) is 7.03. The van der Waals surface area contributed by atoms with Gasteiger partial charge in [-0.3, -0.25) is 4.79 Å². The third-order valence-electron chi connectivity index (χ3n) is 3.16. The summed E-state index contributed by atoms with van der Waals surface area (Å²) in [5, 5.41) is 23.7. The number of hydrogen-bond acceptors (Lipinski definition) is 4. The van der Waals surface area contributed by atoms with Crippen LogP contribution in [0.2, 0.25) is 0 Å². The molecule has 2 rings (SSSR count). The van der Waals surface area contributed by atoms with Gasteiger partial charge < -0.3 is 10.6 Å². The summed E-state index contributed by atoms with van der Waals surface area (Å²) in [6.07, 6.45) is 1.36. The molecule has 0 fully saturated rings. The van der Waals surface area contributed by atoms with E-state index >= 15 is 0 Å². The Labute approximate surface area is 148 Å². The summed E-state index contributed by atoms with van der Waals surface area (Å²) in [6, 6.07) is 18.1. The number of amides is 1. The van der Waals surface area contributed by atoms with E-state index in [-0.39, 0.29) is 5.57 Å². The van der Waals surface area contributed by atoms with Crippen LogP contribution >= 0.6 is 15.9 Å². The number of hydrogen-bond donors (Lipinski definition) is 2. The molecule has 2 aromatic carbocycles. The molecule has 0 aliphatic carbocycles. The van der Waals surface area contributed by atoms with Crippen molar-refractivity contribution in [3.05, 3.63) is 75.9 Å². The molecule has 0 unspecified atom stereocenters. The van der Waals surface area contributed by atoms with Crippen LogP contribution in [0.15, 0.2) is 64.8 Å². The van der Waals surface area contributed by atoms with Crippen molar-refractivity contribution in [2.45, 2.75) is 6.54 Å². The smallest absolute Gasteiger partial charge is 0.267 e. The number of benzene rings is 2. The molecule has 0 heterocycles. The highest BCUT2D eigenvalue weighted by atomic mass is 79.9. The molecule has 1 amide bonds. The number of rotatable bonds is 5. The molecule has 2 N–H and O–H groups in total. The maximum absolute atomic E-state index is 12.2. The van der Waals surface area contributed by atoms with Crippen LogP contribution in [0.4, 0.5) is 5.69 Å². The number of nitrogens with one attached hydrogen (secondary N) is 2. The van der Waals surface area contributed by atoms with Crippen molar-refractivity contribution in [1.82, 2.24) is 5.32 Å². The van der Waals surface area contributed by atoms with Crippen molar-refractivity contribution < 1.29 is 4.79 Å². The van der Waals surface area contributed by atoms with Crippen LogP contribution in [0, 0.1) is 22.7 Å². The second kappa shape index (κ2) is 8.52. The molecule has 0 bridgehead atoms. The first-order valence-corrected chi connectivity index (χ1v) is 7.82. The van der Waals surface area contributed by atoms with Gasteiger partial charge in [0.1, 0.15) is 17.7 Å². The second-order valence-corrected chi connectivity index (χ2v) is 5.61. The van der Waals surface area contributed by atoms with Gasteiger partial charge in [-0.2, -0.15) is 10.5 Å². The van der Waals surface area contributed by atoms with Gasteiger partial charge in [0.15, 0.2) is 0 Å². The molecule has 5 nitrogen and oxygen atoms in total. The quantitative estimate of drug-likeness (QED) is 0.613. The van der Waals surface area contributed by atoms with Crippen LogP contribution < -0.4 is 10.6 Å². The average Bonchev–Trinajstić information content (AvgIpc) is 2.60. The van der Waals surface area contributed by atoms with E-state index in [4.69, 9.17) is 10.5 Å². The number of carbonyl (C=O) groups excluding carboxylic acids is 1. The fourth-order valence-electron chi connectivity index (χ4n) is 1.93. The zero-order chi connectivity index (χ0) is 17.4. The van der Waals surface area contributed by atoms with Crippen LogP contribution in [-0.2, 0) is 11.3 Å². The molecule has 0 spiro atoms. The number of nitriles is 2. The average molecular weight is 381 g/mol. The highest BCUT2D eigenvalue weighted by molar-refractivity contribution is 9.10. The fourth-order valence-corrected chi connectivity index (χ4v) is 2.36. The fraction of sp³-hybridized carbons (Fsp3) is 0.0556. The van der Waals surface area contributed by atoms with E-state index in [1.165, 1.54) is 6.20 Å². The van der Waals surface area contributed by atoms with E-state index < -0.39 is 5.91 Å². The standard InChI is InChI=1S/C18H13BrN4O/c19-16-7-3-1-6-14(16)11-22-12-15(10-21)18(24)23-17-8-4-2-5-13(17)9-20/h1-8,12,22H,11H2,(H,23,24)/b15-12-. The predicted octanol–water partition coefficient (Wildman–Crippen LogP) is 3.46. The van der Waals surface area contributed by atoms with E-state index in [2.05, 4.69) is 26.6 Å². The maximum atomic E-state index is 12.2. The lowest BCUT2D eigenvalue weighted by Gasteiger charge is -2.07. The van der Waals surface area contributed by atoms with Crippen molar-refractivity contribution in [2.75, 3.05) is 5.32 Å². The Bertz CT molecular complexity index is 862. The molecule has 0 saturated heterocycles. The van der Waals surface area contributed by atoms with Crippen LogP contribution in [0.3, 0.4) is 0 Å². The number of anilines is 1. The Morgan fingerprint density at radius 2 is 1.83 bits per heavy atom. The molecular formula is C18H13BrN4O. The van der Waals surface area contributed by atoms with E-state index in [1.54, 1.807) is 24.3 Å². The molecule has 0 aromatic heterocycles. The minimum Gasteiger partial charge on any atom is -0.386 e. The Morgan fingerprint density at radius 3 is 2.54 bits per heavy atom. The Kier molecular flexibility index (Phi) is 6.13. The van der Waals surface area contributed by atoms with Crippen LogP contribution in [0.25, 0.3) is 0 Å². The van der Waals surface area contributed by atoms with Gasteiger partial charge in [-0.15, -0.1) is 0 Å². The van der Waals surface area contributed by atoms with E-state index in [0.717, 1.165) is 10.0 Å². The van der Waals surface area contributed by atoms with Crippen molar-refractivity contribution in [3.63, 3.8) is 0 Å². The molecule has 24 heavy (non-hydrogen) atoms. The monoisotopic (exact) mass is 380 g/mol. The number of carbonyl (C=O) groups is 1. The second-order valence-electron chi connectivity index (χ2n) is 4.75. The van der Waals surface area contributed by atoms with Crippen LogP contribution in [0.1, 0.15) is 11.1 Å². The van der Waals surface area contributed by atoms with Crippen LogP contribution in [0.5, 0.6) is 0 Å². The third kappa shape index (κ3) is 4.45. The Hall–Kier alpha value is -3.09. The minimum absolute atomic E-state index is 0.0743. The highest BCUT2D eigenvalue weighted by Gasteiger charge is 2.11. The van der Waals surface area contributed by atoms with Crippen molar-refractivity contribution in [2.24, 2.45) is 0 Å². The number of para-hydroxylation sites is 1. The lowest BCUT2D eigenvalue weighted by Crippen LogP contribution is -2.17. The van der Waals surface area contributed by atoms with E-state index in [1.807, 2.05) is 36.4 Å². The van der Waals surface area contributed by atoms with Gasteiger partial charge in [0.2, 0.25) is 0 Å². The SMILES string of the molecule is N#C/C(=C/NCc1ccccc1Br)C(=O)Nc1ccccc1C#N. The Balaban J connectivity index is 2.05. The molecular weight excluding hydrogens is 368 g/mol. The highest BCUT2D eigenvalue weighted by Crippen LogP contribution is 2.16. The van der Waals surface area contributed by atoms with Crippen molar-refractivity contribution >= 4 is 27.5 Å². The molecule has 2 aromatic rings. The number of halogens is 1. The summed E-state index contributed by atoms with van der Waals surface area (Å²) in [5.41, 5.74) is 1.64. The van der Waals surface area contributed by atoms with Gasteiger partial charge in [-0.25, -0.2) is 0 Å². The summed E-state index contributed by atoms with van der Waals surface area (Å²) >= 11 is 3.43. The van der Waals surface area contributed by atoms with E-state index in [0.29, 0.717) is 17.8 Å². The van der Waals surface area contributed by atoms with Gasteiger partial charge in [-0.1, -0.05) is 46.3 Å². The Morgan fingerprint density at radius 1 is 1.12 bits per heavy atom. The summed E-state index contributed by atoms with van der Waals surface area (Å²) < 4.78 is 0.941. The van der Waals surface area contributed by atoms with Gasteiger partial charge in [0.25, 0.3) is 5.91 Å². The minimum atomic E-state index is -0.570. The molecule has 0 radical (unpaired) electrons. The first kappa shape index (κ1) is 17.3. The summed E-state index contributed by atoms with van der Waals surface area (Å²) in [5.74, 6) is -0.570. The van der Waals surface area contributed by atoms with Crippen LogP contribution in [-0.4, -0.2) is 5.91 Å². The molecule has 0 atom stereocenters. The topological polar surface area (TPSA) is 88.7 Å². The van der Waals surface area contributed by atoms with Gasteiger partial charge >= 0.3 is 0 Å². The number of nitrogens with zero attached hydrogens (tertiary/aromatic N) is 2. The normalized spacial score (nSPS) is 10.4. The lowest BCUT2D eigenvalue weighted by atomic mass is 10.2. The predicted molar refractivity (Wildman–Crippen MR) is 94.5 cm³/mol. The molecule has 0 aliphatic rings. The third-order valence-corrected chi connectivity index (χ3v) is 3.93. The molecule has 6 heteroatoms. The zero-order valence-electron chi connectivity index (χ0n) is 12.6. The lowest BCUT2D eigenvalue weighted by molar-refractivity contribution is -0.112. The van der Waals surface area contributed by atoms with Gasteiger partial charge in [0.05, 0.1) is 11.3 Å². The van der Waals surface area contributed by atoms with Gasteiger partial charge in [0, 0.05) is 17.2 Å². The zero-order valence-corrected chi connectivity index (χ0v) is 14.2. The first-order chi connectivity index (χ1) is 11.7. The summed E-state index contributed by atoms with van der Waals surface area (Å²) in [7, 11) is 0. The maximum Gasteiger partial charge on any atom is 0.267 e. The van der Waals surface area contributed by atoms with E-state index in [9.17, 15) is 4.79 Å². The van der Waals surface area contributed by atoms with Crippen molar-refractivity contribution in [3.8, 4) is 12.1 Å². The van der Waals surface area contributed by atoms with Crippen molar-refractivity contribution in [1.29, 1.82) is 10.5 Å². The summed E-state index contributed by atoms with van der Waals surface area (Å²) in [4.78, 5) is 12.2. The molecule has 0 saturated carbocycles. The molecule has 0 aliphatic heterocycles. The van der Waals surface area contributed by atoms with Gasteiger partial charge in [-0.05, 0) is 23.8 Å². The largest absolute Gasteiger partial charge is 0.386 e. The molecule has 118 valence electrons.